The number of alkyl halides is 3. The summed E-state index contributed by atoms with van der Waals surface area (Å²) >= 11 is 0. The van der Waals surface area contributed by atoms with E-state index in [1.807, 2.05) is 36.5 Å². The van der Waals surface area contributed by atoms with E-state index < -0.39 is 23.4 Å². The minimum atomic E-state index is -4.51. The molecule has 10 heteroatoms. The molecule has 2 aromatic carbocycles. The highest BCUT2D eigenvalue weighted by molar-refractivity contribution is 6.43. The summed E-state index contributed by atoms with van der Waals surface area (Å²) in [5, 5.41) is 11.0. The summed E-state index contributed by atoms with van der Waals surface area (Å²) < 4.78 is 42.3. The molecular formula is C25H22F3N5O2. The van der Waals surface area contributed by atoms with Crippen molar-refractivity contribution in [2.45, 2.75) is 33.1 Å². The van der Waals surface area contributed by atoms with E-state index in [0.717, 1.165) is 23.3 Å². The van der Waals surface area contributed by atoms with Gasteiger partial charge in [-0.2, -0.15) is 23.4 Å². The molecular weight excluding hydrogens is 459 g/mol. The second-order valence-electron chi connectivity index (χ2n) is 8.04. The molecule has 4 rings (SSSR count). The van der Waals surface area contributed by atoms with Crippen molar-refractivity contribution in [2.24, 2.45) is 0 Å². The highest BCUT2D eigenvalue weighted by atomic mass is 19.4. The Bertz CT molecular complexity index is 1370. The largest absolute Gasteiger partial charge is 0.416 e. The van der Waals surface area contributed by atoms with E-state index in [4.69, 9.17) is 0 Å². The van der Waals surface area contributed by atoms with Gasteiger partial charge >= 0.3 is 6.18 Å². The number of carbonyl (C=O) groups is 2. The van der Waals surface area contributed by atoms with Gasteiger partial charge in [0.25, 0.3) is 11.7 Å². The fourth-order valence-electron chi connectivity index (χ4n) is 3.83. The van der Waals surface area contributed by atoms with E-state index >= 15 is 0 Å². The first-order valence-corrected chi connectivity index (χ1v) is 10.7. The van der Waals surface area contributed by atoms with Gasteiger partial charge in [0.2, 0.25) is 0 Å². The zero-order valence-corrected chi connectivity index (χ0v) is 19.0. The van der Waals surface area contributed by atoms with E-state index in [-0.39, 0.29) is 29.2 Å². The van der Waals surface area contributed by atoms with Crippen molar-refractivity contribution < 1.29 is 22.8 Å². The fourth-order valence-corrected chi connectivity index (χ4v) is 3.83. The van der Waals surface area contributed by atoms with Crippen molar-refractivity contribution in [2.75, 3.05) is 0 Å². The maximum atomic E-state index is 13.1. The van der Waals surface area contributed by atoms with Crippen molar-refractivity contribution in [3.8, 4) is 5.69 Å². The number of aromatic nitrogens is 4. The van der Waals surface area contributed by atoms with Crippen molar-refractivity contribution in [3.63, 3.8) is 0 Å². The Hall–Kier alpha value is -4.21. The summed E-state index contributed by atoms with van der Waals surface area (Å²) in [5.74, 6) is -1.62. The van der Waals surface area contributed by atoms with Crippen LogP contribution in [0.5, 0.6) is 0 Å². The van der Waals surface area contributed by atoms with E-state index in [2.05, 4.69) is 15.5 Å². The van der Waals surface area contributed by atoms with Gasteiger partial charge in [-0.05, 0) is 49.2 Å². The van der Waals surface area contributed by atoms with Gasteiger partial charge < -0.3 is 5.32 Å². The summed E-state index contributed by atoms with van der Waals surface area (Å²) in [5.41, 5.74) is 1.71. The van der Waals surface area contributed by atoms with Gasteiger partial charge in [0, 0.05) is 18.9 Å². The number of carbonyl (C=O) groups excluding carboxylic acids is 2. The van der Waals surface area contributed by atoms with E-state index in [0.29, 0.717) is 6.54 Å². The molecule has 0 fully saturated rings. The lowest BCUT2D eigenvalue weighted by Gasteiger charge is -2.10. The first kappa shape index (κ1) is 23.9. The second-order valence-corrected chi connectivity index (χ2v) is 8.04. The third-order valence-electron chi connectivity index (χ3n) is 5.49. The standard InChI is InChI=1S/C25H22F3N5O2/c1-16-22(17(2)33(31-16)21-9-4-8-20(13-21)25(26,27)28)23(34)24(35)29-14-18-6-3-7-19(12-18)15-32-11-5-10-30-32/h3-13H,14-15H2,1-2H3,(H,29,35). The Morgan fingerprint density at radius 3 is 2.46 bits per heavy atom. The van der Waals surface area contributed by atoms with Gasteiger partial charge in [-0.1, -0.05) is 30.3 Å². The van der Waals surface area contributed by atoms with Crippen molar-refractivity contribution in [3.05, 3.63) is 101 Å². The number of aryl methyl sites for hydroxylation is 1. The zero-order valence-electron chi connectivity index (χ0n) is 19.0. The van der Waals surface area contributed by atoms with E-state index in [9.17, 15) is 22.8 Å². The fraction of sp³-hybridized carbons (Fsp3) is 0.200. The average Bonchev–Trinajstić information content (AvgIpc) is 3.44. The summed E-state index contributed by atoms with van der Waals surface area (Å²) in [4.78, 5) is 25.5. The molecule has 0 unspecified atom stereocenters. The van der Waals surface area contributed by atoms with Gasteiger partial charge in [-0.15, -0.1) is 0 Å². The normalized spacial score (nSPS) is 11.5. The van der Waals surface area contributed by atoms with Crippen LogP contribution in [-0.2, 0) is 24.1 Å². The van der Waals surface area contributed by atoms with Gasteiger partial charge in [-0.3, -0.25) is 14.3 Å². The van der Waals surface area contributed by atoms with Crippen LogP contribution in [0.15, 0.2) is 67.0 Å². The molecule has 0 aliphatic heterocycles. The molecule has 4 aromatic rings. The molecule has 7 nitrogen and oxygen atoms in total. The highest BCUT2D eigenvalue weighted by Crippen LogP contribution is 2.31. The summed E-state index contributed by atoms with van der Waals surface area (Å²) in [6.07, 6.45) is -0.980. The predicted molar refractivity (Wildman–Crippen MR) is 122 cm³/mol. The molecule has 2 heterocycles. The lowest BCUT2D eigenvalue weighted by atomic mass is 10.1. The molecule has 0 bridgehead atoms. The quantitative estimate of drug-likeness (QED) is 0.316. The number of amides is 1. The third-order valence-corrected chi connectivity index (χ3v) is 5.49. The topological polar surface area (TPSA) is 81.8 Å². The summed E-state index contributed by atoms with van der Waals surface area (Å²) in [6, 6.07) is 14.0. The molecule has 0 radical (unpaired) electrons. The van der Waals surface area contributed by atoms with Gasteiger partial charge in [0.15, 0.2) is 0 Å². The number of hydrogen-bond donors (Lipinski definition) is 1. The van der Waals surface area contributed by atoms with Gasteiger partial charge in [0.05, 0.1) is 34.7 Å². The maximum absolute atomic E-state index is 13.1. The highest BCUT2D eigenvalue weighted by Gasteiger charge is 2.31. The van der Waals surface area contributed by atoms with Crippen LogP contribution < -0.4 is 5.32 Å². The van der Waals surface area contributed by atoms with Crippen LogP contribution in [0, 0.1) is 13.8 Å². The number of nitrogens with one attached hydrogen (secondary N) is 1. The summed E-state index contributed by atoms with van der Waals surface area (Å²) in [6.45, 7) is 3.79. The van der Waals surface area contributed by atoms with Crippen molar-refractivity contribution in [1.29, 1.82) is 0 Å². The minimum Gasteiger partial charge on any atom is -0.345 e. The first-order valence-electron chi connectivity index (χ1n) is 10.7. The number of halogens is 3. The molecule has 2 aromatic heterocycles. The van der Waals surface area contributed by atoms with Gasteiger partial charge in [0.1, 0.15) is 0 Å². The van der Waals surface area contributed by atoms with Crippen LogP contribution in [0.3, 0.4) is 0 Å². The molecule has 1 N–H and O–H groups in total. The Morgan fingerprint density at radius 2 is 1.74 bits per heavy atom. The Balaban J connectivity index is 1.48. The van der Waals surface area contributed by atoms with Crippen molar-refractivity contribution in [1.82, 2.24) is 24.9 Å². The second kappa shape index (κ2) is 9.57. The number of hydrogen-bond acceptors (Lipinski definition) is 4. The van der Waals surface area contributed by atoms with Crippen LogP contribution in [0.4, 0.5) is 13.2 Å². The molecule has 0 spiro atoms. The molecule has 180 valence electrons. The molecule has 0 atom stereocenters. The van der Waals surface area contributed by atoms with Crippen LogP contribution >= 0.6 is 0 Å². The lowest BCUT2D eigenvalue weighted by Crippen LogP contribution is -2.31. The molecule has 0 saturated heterocycles. The van der Waals surface area contributed by atoms with E-state index in [1.54, 1.807) is 17.8 Å². The van der Waals surface area contributed by atoms with Gasteiger partial charge in [-0.25, -0.2) is 4.68 Å². The molecule has 0 aliphatic carbocycles. The van der Waals surface area contributed by atoms with Crippen LogP contribution in [0.25, 0.3) is 5.69 Å². The number of ketones is 1. The zero-order chi connectivity index (χ0) is 25.2. The Morgan fingerprint density at radius 1 is 1.00 bits per heavy atom. The third kappa shape index (κ3) is 5.32. The molecule has 1 amide bonds. The number of Topliss-reactive ketones (excluding diaryl/α,β-unsaturated/α-hetero) is 1. The summed E-state index contributed by atoms with van der Waals surface area (Å²) in [7, 11) is 0. The lowest BCUT2D eigenvalue weighted by molar-refractivity contribution is -0.137. The van der Waals surface area contributed by atoms with E-state index in [1.165, 1.54) is 23.7 Å². The van der Waals surface area contributed by atoms with Crippen LogP contribution in [0.2, 0.25) is 0 Å². The maximum Gasteiger partial charge on any atom is 0.416 e. The number of rotatable bonds is 7. The Kier molecular flexibility index (Phi) is 6.54. The van der Waals surface area contributed by atoms with Crippen LogP contribution in [0.1, 0.15) is 38.4 Å². The first-order chi connectivity index (χ1) is 16.6. The van der Waals surface area contributed by atoms with Crippen molar-refractivity contribution >= 4 is 11.7 Å². The minimum absolute atomic E-state index is 0.0624. The number of benzene rings is 2. The predicted octanol–water partition coefficient (Wildman–Crippen LogP) is 4.25. The molecule has 0 saturated carbocycles. The smallest absolute Gasteiger partial charge is 0.345 e. The Labute approximate surface area is 199 Å². The molecule has 35 heavy (non-hydrogen) atoms. The average molecular weight is 481 g/mol. The SMILES string of the molecule is Cc1nn(-c2cccc(C(F)(F)F)c2)c(C)c1C(=O)C(=O)NCc1cccc(Cn2cccn2)c1. The monoisotopic (exact) mass is 481 g/mol. The number of nitrogens with zero attached hydrogens (tertiary/aromatic N) is 4. The van der Waals surface area contributed by atoms with Crippen LogP contribution in [-0.4, -0.2) is 31.3 Å². The molecule has 0 aliphatic rings.